The van der Waals surface area contributed by atoms with E-state index >= 15 is 0 Å². The maximum atomic E-state index is 2.90. The summed E-state index contributed by atoms with van der Waals surface area (Å²) >= 11 is 0. The van der Waals surface area contributed by atoms with Crippen LogP contribution in [0.15, 0.2) is 218 Å². The van der Waals surface area contributed by atoms with Crippen molar-refractivity contribution in [1.82, 2.24) is 4.57 Å². The Morgan fingerprint density at radius 2 is 1.01 bits per heavy atom. The van der Waals surface area contributed by atoms with Crippen LogP contribution in [0.5, 0.6) is 0 Å². The highest BCUT2D eigenvalue weighted by Crippen LogP contribution is 2.61. The molecule has 0 amide bonds. The zero-order valence-electron chi connectivity index (χ0n) is 38.0. The van der Waals surface area contributed by atoms with Crippen LogP contribution >= 0.6 is 0 Å². The van der Waals surface area contributed by atoms with E-state index < -0.39 is 8.07 Å². The summed E-state index contributed by atoms with van der Waals surface area (Å²) in [5.74, 6) is 0. The van der Waals surface area contributed by atoms with Gasteiger partial charge in [-0.05, 0) is 105 Å². The van der Waals surface area contributed by atoms with Gasteiger partial charge in [0.25, 0.3) is 6.71 Å². The van der Waals surface area contributed by atoms with Gasteiger partial charge in [0.2, 0.25) is 0 Å². The van der Waals surface area contributed by atoms with Crippen LogP contribution in [-0.2, 0) is 5.41 Å². The molecule has 9 aromatic carbocycles. The lowest BCUT2D eigenvalue weighted by Gasteiger charge is -2.52. The van der Waals surface area contributed by atoms with Crippen molar-refractivity contribution >= 4 is 102 Å². The first-order chi connectivity index (χ1) is 33.0. The highest BCUT2D eigenvalue weighted by atomic mass is 28.3. The molecule has 0 spiro atoms. The van der Waals surface area contributed by atoms with Gasteiger partial charge in [-0.15, -0.1) is 0 Å². The summed E-state index contributed by atoms with van der Waals surface area (Å²) < 4.78 is 2.64. The lowest BCUT2D eigenvalue weighted by molar-refractivity contribution is 0.195. The minimum atomic E-state index is -2.92. The van der Waals surface area contributed by atoms with Crippen LogP contribution in [0.4, 0.5) is 28.4 Å². The fourth-order valence-corrected chi connectivity index (χ4v) is 18.6. The second-order valence-corrected chi connectivity index (χ2v) is 23.7. The van der Waals surface area contributed by atoms with Crippen molar-refractivity contribution < 1.29 is 0 Å². The Balaban J connectivity index is 1.16. The molecule has 1 aliphatic carbocycles. The summed E-state index contributed by atoms with van der Waals surface area (Å²) in [4.78, 5) is 5.38. The van der Waals surface area contributed by atoms with Crippen LogP contribution in [0.25, 0.3) is 27.5 Å². The topological polar surface area (TPSA) is 11.4 Å². The normalized spacial score (nSPS) is 18.7. The van der Waals surface area contributed by atoms with Crippen molar-refractivity contribution in [2.45, 2.75) is 50.5 Å². The molecule has 1 fully saturated rings. The molecular formula is C62H50BN3Si. The summed E-state index contributed by atoms with van der Waals surface area (Å²) in [6.07, 6.45) is 4.72. The van der Waals surface area contributed by atoms with Crippen molar-refractivity contribution in [1.29, 1.82) is 0 Å². The Hall–Kier alpha value is -7.34. The van der Waals surface area contributed by atoms with Crippen LogP contribution in [0.3, 0.4) is 0 Å². The zero-order valence-corrected chi connectivity index (χ0v) is 39.0. The number of aromatic nitrogens is 1. The number of anilines is 5. The highest BCUT2D eigenvalue weighted by Gasteiger charge is 2.62. The largest absolute Gasteiger partial charge is 0.335 e. The molecule has 0 N–H and O–H groups in total. The standard InChI is InChI=1S/C62H50BN3Si/c1-61-37-20-21-38-62(61,2)66-57-40-45(64(43-23-8-3-9-24-43)44-25-10-4-11-26-44)39-56-58(57)63(53-35-22-34-51-50-33-18-19-36-55(50)65(56)59(51)53)54-42-49(41-52(61)60(54)66)67(46-27-12-5-13-28-46,47-29-14-6-15-30-47)48-31-16-7-17-32-48/h3-19,22-36,39-42H,20-21,37-38H2,1-2H3. The number of nitrogens with zero attached hydrogens (tertiary/aromatic N) is 3. The van der Waals surface area contributed by atoms with E-state index in [1.807, 2.05) is 0 Å². The molecule has 2 unspecified atom stereocenters. The van der Waals surface area contributed by atoms with E-state index in [-0.39, 0.29) is 17.7 Å². The molecule has 14 rings (SSSR count). The van der Waals surface area contributed by atoms with Crippen LogP contribution < -0.4 is 46.9 Å². The van der Waals surface area contributed by atoms with Crippen LogP contribution in [-0.4, -0.2) is 24.9 Å². The van der Waals surface area contributed by atoms with Gasteiger partial charge in [-0.3, -0.25) is 0 Å². The second-order valence-electron chi connectivity index (χ2n) is 19.9. The van der Waals surface area contributed by atoms with Gasteiger partial charge < -0.3 is 14.4 Å². The van der Waals surface area contributed by atoms with Gasteiger partial charge in [0.1, 0.15) is 0 Å². The van der Waals surface area contributed by atoms with Crippen molar-refractivity contribution in [2.24, 2.45) is 0 Å². The maximum Gasteiger partial charge on any atom is 0.252 e. The SMILES string of the molecule is CC12CCCCC1(C)N1c3cc(N(c4ccccc4)c4ccccc4)cc4c3B(c3cc([Si](c5ccccc5)(c5ccccc5)c5ccccc5)cc2c31)c1cccc2c3ccccc3n-4c12. The molecule has 5 heteroatoms. The summed E-state index contributed by atoms with van der Waals surface area (Å²) in [6.45, 7) is 5.28. The van der Waals surface area contributed by atoms with Gasteiger partial charge in [-0.1, -0.05) is 196 Å². The van der Waals surface area contributed by atoms with Gasteiger partial charge in [-0.2, -0.15) is 0 Å². The minimum absolute atomic E-state index is 0.0211. The third-order valence-corrected chi connectivity index (χ3v) is 21.6. The molecule has 4 aliphatic rings. The van der Waals surface area contributed by atoms with Gasteiger partial charge in [-0.25, -0.2) is 0 Å². The number of rotatable bonds is 7. The fourth-order valence-electron chi connectivity index (χ4n) is 13.7. The first-order valence-corrected chi connectivity index (χ1v) is 26.3. The van der Waals surface area contributed by atoms with Gasteiger partial charge in [0.05, 0.1) is 16.7 Å². The average molecular weight is 876 g/mol. The fraction of sp³-hybridized carbons (Fsp3) is 0.129. The Morgan fingerprint density at radius 1 is 0.478 bits per heavy atom. The lowest BCUT2D eigenvalue weighted by atomic mass is 9.33. The predicted molar refractivity (Wildman–Crippen MR) is 287 cm³/mol. The smallest absolute Gasteiger partial charge is 0.252 e. The number of hydrogen-bond donors (Lipinski definition) is 0. The molecule has 10 aromatic rings. The monoisotopic (exact) mass is 875 g/mol. The van der Waals surface area contributed by atoms with Gasteiger partial charge >= 0.3 is 0 Å². The van der Waals surface area contributed by atoms with E-state index in [4.69, 9.17) is 0 Å². The minimum Gasteiger partial charge on any atom is -0.335 e. The first-order valence-electron chi connectivity index (χ1n) is 24.3. The highest BCUT2D eigenvalue weighted by molar-refractivity contribution is 7.20. The quantitative estimate of drug-likeness (QED) is 0.117. The van der Waals surface area contributed by atoms with E-state index in [1.54, 1.807) is 0 Å². The van der Waals surface area contributed by atoms with E-state index in [2.05, 4.69) is 247 Å². The van der Waals surface area contributed by atoms with Crippen LogP contribution in [0.1, 0.15) is 45.1 Å². The molecule has 1 saturated carbocycles. The number of para-hydroxylation sites is 4. The summed E-state index contributed by atoms with van der Waals surface area (Å²) in [5, 5.41) is 8.34. The summed E-state index contributed by atoms with van der Waals surface area (Å²) in [5.41, 5.74) is 15.7. The van der Waals surface area contributed by atoms with E-state index in [9.17, 15) is 0 Å². The van der Waals surface area contributed by atoms with Crippen molar-refractivity contribution in [3.05, 3.63) is 224 Å². The maximum absolute atomic E-state index is 2.92. The third-order valence-electron chi connectivity index (χ3n) is 16.8. The molecule has 0 radical (unpaired) electrons. The average Bonchev–Trinajstić information content (AvgIpc) is 3.83. The molecular weight excluding hydrogens is 826 g/mol. The molecule has 2 atom stereocenters. The van der Waals surface area contributed by atoms with Crippen molar-refractivity contribution in [2.75, 3.05) is 9.80 Å². The molecule has 1 aromatic heterocycles. The molecule has 3 aliphatic heterocycles. The Morgan fingerprint density at radius 3 is 1.64 bits per heavy atom. The molecule has 4 heterocycles. The Bertz CT molecular complexity index is 3440. The van der Waals surface area contributed by atoms with Crippen molar-refractivity contribution in [3.63, 3.8) is 0 Å². The molecule has 67 heavy (non-hydrogen) atoms. The third kappa shape index (κ3) is 5.13. The van der Waals surface area contributed by atoms with E-state index in [1.165, 1.54) is 100 Å². The molecule has 0 bridgehead atoms. The zero-order chi connectivity index (χ0) is 44.5. The van der Waals surface area contributed by atoms with E-state index in [0.717, 1.165) is 24.2 Å². The number of fused-ring (bicyclic) bond motifs is 10. The number of hydrogen-bond acceptors (Lipinski definition) is 2. The second kappa shape index (κ2) is 14.3. The Labute approximate surface area is 394 Å². The lowest BCUT2D eigenvalue weighted by Crippen LogP contribution is -2.75. The van der Waals surface area contributed by atoms with Crippen LogP contribution in [0.2, 0.25) is 0 Å². The summed E-state index contributed by atoms with van der Waals surface area (Å²) in [6, 6.07) is 83.4. The predicted octanol–water partition coefficient (Wildman–Crippen LogP) is 10.5. The van der Waals surface area contributed by atoms with Gasteiger partial charge in [0.15, 0.2) is 8.07 Å². The molecule has 3 nitrogen and oxygen atoms in total. The molecule has 0 saturated heterocycles. The first kappa shape index (κ1) is 38.9. The number of benzene rings is 9. The van der Waals surface area contributed by atoms with Crippen molar-refractivity contribution in [3.8, 4) is 5.69 Å². The van der Waals surface area contributed by atoms with Crippen LogP contribution in [0, 0.1) is 0 Å². The summed E-state index contributed by atoms with van der Waals surface area (Å²) in [7, 11) is -2.92. The molecule has 320 valence electrons. The Kier molecular flexibility index (Phi) is 8.32. The van der Waals surface area contributed by atoms with E-state index in [0.29, 0.717) is 0 Å². The van der Waals surface area contributed by atoms with Gasteiger partial charge in [0, 0.05) is 50.1 Å².